The maximum absolute atomic E-state index is 13.2. The van der Waals surface area contributed by atoms with E-state index in [9.17, 15) is 13.2 Å². The number of amides is 1. The molecule has 4 aliphatic rings. The highest BCUT2D eigenvalue weighted by Crippen LogP contribution is 2.77. The summed E-state index contributed by atoms with van der Waals surface area (Å²) in [4.78, 5) is 17.2. The zero-order valence-electron chi connectivity index (χ0n) is 17.5. The fourth-order valence-corrected chi connectivity index (χ4v) is 9.09. The Kier molecular flexibility index (Phi) is 4.88. The predicted octanol–water partition coefficient (Wildman–Crippen LogP) is 3.44. The van der Waals surface area contributed by atoms with E-state index in [2.05, 4.69) is 18.7 Å². The van der Waals surface area contributed by atoms with Crippen LogP contribution in [0.15, 0.2) is 29.2 Å². The molecule has 0 radical (unpaired) electrons. The number of carbonyl (C=O) groups excluding carboxylic acids is 1. The first-order valence-corrected chi connectivity index (χ1v) is 12.9. The minimum absolute atomic E-state index is 0.119. The van der Waals surface area contributed by atoms with Crippen molar-refractivity contribution in [3.05, 3.63) is 29.3 Å². The van der Waals surface area contributed by atoms with E-state index in [-0.39, 0.29) is 34.7 Å². The first-order chi connectivity index (χ1) is 14.2. The third kappa shape index (κ3) is 3.07. The van der Waals surface area contributed by atoms with Crippen LogP contribution in [0.3, 0.4) is 0 Å². The molecule has 5 unspecified atom stereocenters. The number of hydrogen-bond acceptors (Lipinski definition) is 5. The van der Waals surface area contributed by atoms with Gasteiger partial charge in [-0.3, -0.25) is 4.90 Å². The zero-order valence-corrected chi connectivity index (χ0v) is 19.0. The summed E-state index contributed by atoms with van der Waals surface area (Å²) in [6.07, 6.45) is 2.18. The number of hydrogen-bond donors (Lipinski definition) is 0. The van der Waals surface area contributed by atoms with E-state index in [1.54, 1.807) is 29.2 Å². The van der Waals surface area contributed by atoms with Gasteiger partial charge in [-0.2, -0.15) is 0 Å². The number of piperazine rings is 1. The van der Waals surface area contributed by atoms with Crippen LogP contribution in [0.5, 0.6) is 0 Å². The number of halogens is 1. The lowest BCUT2D eigenvalue weighted by Gasteiger charge is -2.38. The standard InChI is InChI=1S/C22H29ClN2O4S/c1-14(2)24-9-11-25(12-10-24)21(26)29-18-13-22-8-7-17(18)19(22)20(22)30(27,28)16-5-3-15(23)4-6-16/h3-6,14,17-20H,7-13H2,1-2H3. The monoisotopic (exact) mass is 452 g/mol. The first-order valence-electron chi connectivity index (χ1n) is 10.9. The van der Waals surface area contributed by atoms with E-state index in [1.165, 1.54) is 0 Å². The van der Waals surface area contributed by atoms with Crippen LogP contribution in [-0.2, 0) is 14.6 Å². The number of benzene rings is 1. The largest absolute Gasteiger partial charge is 0.446 e. The van der Waals surface area contributed by atoms with Gasteiger partial charge in [0.15, 0.2) is 9.84 Å². The van der Waals surface area contributed by atoms with Crippen molar-refractivity contribution in [3.63, 3.8) is 0 Å². The maximum Gasteiger partial charge on any atom is 0.410 e. The lowest BCUT2D eigenvalue weighted by Crippen LogP contribution is -2.51. The molecule has 0 spiro atoms. The highest BCUT2D eigenvalue weighted by molar-refractivity contribution is 7.92. The van der Waals surface area contributed by atoms with Crippen molar-refractivity contribution < 1.29 is 17.9 Å². The molecule has 1 aliphatic heterocycles. The molecule has 3 saturated carbocycles. The van der Waals surface area contributed by atoms with Crippen molar-refractivity contribution in [2.75, 3.05) is 26.2 Å². The molecule has 5 rings (SSSR count). The Morgan fingerprint density at radius 2 is 1.83 bits per heavy atom. The smallest absolute Gasteiger partial charge is 0.410 e. The molecular formula is C22H29ClN2O4S. The molecule has 3 aliphatic carbocycles. The molecular weight excluding hydrogens is 424 g/mol. The Morgan fingerprint density at radius 3 is 2.40 bits per heavy atom. The zero-order chi connectivity index (χ0) is 21.3. The highest BCUT2D eigenvalue weighted by Gasteiger charge is 2.80. The van der Waals surface area contributed by atoms with E-state index in [0.717, 1.165) is 25.9 Å². The van der Waals surface area contributed by atoms with Crippen molar-refractivity contribution in [2.24, 2.45) is 17.3 Å². The Labute approximate surface area is 183 Å². The third-order valence-electron chi connectivity index (χ3n) is 7.94. The minimum Gasteiger partial charge on any atom is -0.446 e. The summed E-state index contributed by atoms with van der Waals surface area (Å²) in [6, 6.07) is 6.95. The van der Waals surface area contributed by atoms with Crippen LogP contribution < -0.4 is 0 Å². The van der Waals surface area contributed by atoms with Gasteiger partial charge in [0.25, 0.3) is 0 Å². The molecule has 30 heavy (non-hydrogen) atoms. The van der Waals surface area contributed by atoms with Gasteiger partial charge in [0.05, 0.1) is 10.1 Å². The summed E-state index contributed by atoms with van der Waals surface area (Å²) in [5.74, 6) is 0.284. The molecule has 0 N–H and O–H groups in total. The van der Waals surface area contributed by atoms with E-state index < -0.39 is 9.84 Å². The second kappa shape index (κ2) is 7.10. The van der Waals surface area contributed by atoms with Gasteiger partial charge < -0.3 is 9.64 Å². The van der Waals surface area contributed by atoms with Crippen LogP contribution in [0.4, 0.5) is 4.79 Å². The summed E-state index contributed by atoms with van der Waals surface area (Å²) < 4.78 is 32.3. The van der Waals surface area contributed by atoms with Crippen molar-refractivity contribution in [3.8, 4) is 0 Å². The highest BCUT2D eigenvalue weighted by atomic mass is 35.5. The van der Waals surface area contributed by atoms with Gasteiger partial charge in [0, 0.05) is 43.2 Å². The second-order valence-corrected chi connectivity index (χ2v) is 12.1. The van der Waals surface area contributed by atoms with Gasteiger partial charge in [-0.1, -0.05) is 11.6 Å². The normalized spacial score (nSPS) is 35.5. The summed E-state index contributed by atoms with van der Waals surface area (Å²) in [5.41, 5.74) is -0.204. The van der Waals surface area contributed by atoms with Crippen LogP contribution in [0.1, 0.15) is 33.1 Å². The van der Waals surface area contributed by atoms with E-state index in [1.807, 2.05) is 0 Å². The average molecular weight is 453 g/mol. The molecule has 2 bridgehead atoms. The van der Waals surface area contributed by atoms with E-state index in [4.69, 9.17) is 16.3 Å². The minimum atomic E-state index is -3.38. The topological polar surface area (TPSA) is 66.9 Å². The average Bonchev–Trinajstić information content (AvgIpc) is 3.08. The molecule has 164 valence electrons. The van der Waals surface area contributed by atoms with Crippen molar-refractivity contribution in [2.45, 2.75) is 55.4 Å². The van der Waals surface area contributed by atoms with Crippen LogP contribution in [0.25, 0.3) is 0 Å². The number of sulfone groups is 1. The summed E-state index contributed by atoms with van der Waals surface area (Å²) in [7, 11) is -3.38. The molecule has 8 heteroatoms. The molecule has 4 fully saturated rings. The lowest BCUT2D eigenvalue weighted by molar-refractivity contribution is 0.0118. The summed E-state index contributed by atoms with van der Waals surface area (Å²) in [6.45, 7) is 7.46. The van der Waals surface area contributed by atoms with Crippen LogP contribution in [0, 0.1) is 17.3 Å². The third-order valence-corrected chi connectivity index (χ3v) is 10.6. The van der Waals surface area contributed by atoms with Gasteiger partial charge in [-0.15, -0.1) is 0 Å². The Hall–Kier alpha value is -1.31. The molecule has 0 aromatic heterocycles. The number of ether oxygens (including phenoxy) is 1. The molecule has 1 saturated heterocycles. The van der Waals surface area contributed by atoms with Gasteiger partial charge in [0.2, 0.25) is 0 Å². The molecule has 1 aromatic rings. The fourth-order valence-electron chi connectivity index (χ4n) is 6.38. The number of carbonyl (C=O) groups is 1. The first kappa shape index (κ1) is 20.6. The van der Waals surface area contributed by atoms with Crippen LogP contribution >= 0.6 is 11.6 Å². The second-order valence-electron chi connectivity index (χ2n) is 9.62. The lowest BCUT2D eigenvalue weighted by atomic mass is 9.87. The molecule has 1 aromatic carbocycles. The Morgan fingerprint density at radius 1 is 1.17 bits per heavy atom. The van der Waals surface area contributed by atoms with Gasteiger partial charge in [0.1, 0.15) is 6.10 Å². The number of nitrogens with zero attached hydrogens (tertiary/aromatic N) is 2. The SMILES string of the molecule is CC(C)N1CCN(C(=O)OC2CC34CCC2C3C4S(=O)(=O)c2ccc(Cl)cc2)CC1. The predicted molar refractivity (Wildman–Crippen MR) is 114 cm³/mol. The number of rotatable bonds is 4. The Bertz CT molecular complexity index is 942. The van der Waals surface area contributed by atoms with Gasteiger partial charge >= 0.3 is 6.09 Å². The molecule has 1 heterocycles. The fraction of sp³-hybridized carbons (Fsp3) is 0.682. The van der Waals surface area contributed by atoms with E-state index in [0.29, 0.717) is 35.5 Å². The Balaban J connectivity index is 1.23. The van der Waals surface area contributed by atoms with Crippen LogP contribution in [-0.4, -0.2) is 67.9 Å². The molecule has 6 nitrogen and oxygen atoms in total. The summed E-state index contributed by atoms with van der Waals surface area (Å²) in [5, 5.41) is 0.195. The van der Waals surface area contributed by atoms with Crippen molar-refractivity contribution in [1.29, 1.82) is 0 Å². The van der Waals surface area contributed by atoms with Gasteiger partial charge in [-0.25, -0.2) is 13.2 Å². The quantitative estimate of drug-likeness (QED) is 0.700. The van der Waals surface area contributed by atoms with E-state index >= 15 is 0 Å². The maximum atomic E-state index is 13.2. The molecule has 1 amide bonds. The van der Waals surface area contributed by atoms with Gasteiger partial charge in [-0.05, 0) is 68.7 Å². The van der Waals surface area contributed by atoms with Crippen molar-refractivity contribution >= 4 is 27.5 Å². The van der Waals surface area contributed by atoms with Crippen LogP contribution in [0.2, 0.25) is 5.02 Å². The van der Waals surface area contributed by atoms with Crippen molar-refractivity contribution in [1.82, 2.24) is 9.80 Å². The summed E-state index contributed by atoms with van der Waals surface area (Å²) >= 11 is 5.92. The molecule has 5 atom stereocenters.